The van der Waals surface area contributed by atoms with E-state index < -0.39 is 6.04 Å². The van der Waals surface area contributed by atoms with Crippen molar-refractivity contribution in [2.24, 2.45) is 0 Å². The van der Waals surface area contributed by atoms with E-state index in [-0.39, 0.29) is 11.8 Å². The minimum Gasteiger partial charge on any atom is -0.333 e. The van der Waals surface area contributed by atoms with Gasteiger partial charge in [-0.25, -0.2) is 4.98 Å². The number of hydrogen-bond acceptors (Lipinski definition) is 3. The molecular formula is C21H17N3O2. The van der Waals surface area contributed by atoms with Gasteiger partial charge in [-0.05, 0) is 17.7 Å². The monoisotopic (exact) mass is 343 g/mol. The number of fused-ring (bicyclic) bond motifs is 1. The predicted octanol–water partition coefficient (Wildman–Crippen LogP) is 3.45. The number of rotatable bonds is 5. The van der Waals surface area contributed by atoms with Crippen molar-refractivity contribution < 1.29 is 9.59 Å². The minimum atomic E-state index is -0.598. The molecule has 2 aromatic carbocycles. The van der Waals surface area contributed by atoms with Gasteiger partial charge in [0.1, 0.15) is 6.04 Å². The smallest absolute Gasteiger partial charge is 0.262 e. The third kappa shape index (κ3) is 2.63. The summed E-state index contributed by atoms with van der Waals surface area (Å²) in [5.41, 5.74) is 2.61. The van der Waals surface area contributed by atoms with Crippen molar-refractivity contribution in [3.05, 3.63) is 102 Å². The van der Waals surface area contributed by atoms with Crippen molar-refractivity contribution >= 4 is 11.8 Å². The van der Waals surface area contributed by atoms with Gasteiger partial charge in [0.25, 0.3) is 11.8 Å². The lowest BCUT2D eigenvalue weighted by molar-refractivity contribution is 0.0611. The summed E-state index contributed by atoms with van der Waals surface area (Å²) in [6.45, 7) is 4.48. The Hall–Kier alpha value is -3.47. The lowest BCUT2D eigenvalue weighted by Gasteiger charge is -2.21. The van der Waals surface area contributed by atoms with E-state index in [1.54, 1.807) is 36.7 Å². The summed E-state index contributed by atoms with van der Waals surface area (Å²) in [5, 5.41) is 0. The zero-order chi connectivity index (χ0) is 18.1. The Kier molecular flexibility index (Phi) is 3.97. The molecule has 1 atom stereocenters. The number of imide groups is 1. The van der Waals surface area contributed by atoms with E-state index in [1.807, 2.05) is 41.1 Å². The molecule has 0 aliphatic carbocycles. The maximum absolute atomic E-state index is 12.7. The molecule has 5 nitrogen and oxygen atoms in total. The number of benzene rings is 2. The van der Waals surface area contributed by atoms with Gasteiger partial charge < -0.3 is 4.57 Å². The van der Waals surface area contributed by atoms with E-state index in [1.165, 1.54) is 4.90 Å². The molecule has 0 radical (unpaired) electrons. The number of imidazole rings is 1. The van der Waals surface area contributed by atoms with Gasteiger partial charge in [-0.2, -0.15) is 0 Å². The second-order valence-corrected chi connectivity index (χ2v) is 6.16. The molecule has 26 heavy (non-hydrogen) atoms. The summed E-state index contributed by atoms with van der Waals surface area (Å²) < 4.78 is 1.93. The molecule has 0 saturated carbocycles. The molecule has 1 aliphatic heterocycles. The van der Waals surface area contributed by atoms with Crippen molar-refractivity contribution in [3.8, 4) is 0 Å². The Labute approximate surface area is 151 Å². The van der Waals surface area contributed by atoms with Gasteiger partial charge in [-0.15, -0.1) is 6.58 Å². The van der Waals surface area contributed by atoms with Gasteiger partial charge in [-0.1, -0.05) is 48.5 Å². The molecule has 128 valence electrons. The average Bonchev–Trinajstić information content (AvgIpc) is 3.22. The molecule has 3 aromatic rings. The lowest BCUT2D eigenvalue weighted by Crippen LogP contribution is -2.33. The normalized spacial score (nSPS) is 14.4. The first kappa shape index (κ1) is 16.0. The van der Waals surface area contributed by atoms with Crippen LogP contribution in [0.1, 0.15) is 38.0 Å². The molecule has 2 heterocycles. The van der Waals surface area contributed by atoms with Crippen LogP contribution in [0.4, 0.5) is 0 Å². The van der Waals surface area contributed by atoms with E-state index in [4.69, 9.17) is 0 Å². The van der Waals surface area contributed by atoms with Crippen LogP contribution in [-0.2, 0) is 6.54 Å². The third-order valence-corrected chi connectivity index (χ3v) is 4.49. The van der Waals surface area contributed by atoms with Crippen molar-refractivity contribution in [1.82, 2.24) is 14.5 Å². The maximum atomic E-state index is 12.7. The third-order valence-electron chi connectivity index (χ3n) is 4.49. The molecule has 1 aromatic heterocycles. The van der Waals surface area contributed by atoms with Crippen molar-refractivity contribution in [2.45, 2.75) is 12.6 Å². The van der Waals surface area contributed by atoms with E-state index in [9.17, 15) is 9.59 Å². The quantitative estimate of drug-likeness (QED) is 0.527. The summed E-state index contributed by atoms with van der Waals surface area (Å²) in [7, 11) is 0. The highest BCUT2D eigenvalue weighted by atomic mass is 16.2. The Balaban J connectivity index is 1.62. The average molecular weight is 343 g/mol. The van der Waals surface area contributed by atoms with Crippen LogP contribution in [-0.4, -0.2) is 26.3 Å². The fraction of sp³-hybridized carbons (Fsp3) is 0.0952. The van der Waals surface area contributed by atoms with Gasteiger partial charge in [0.15, 0.2) is 0 Å². The SMILES string of the molecule is C=CC(c1cn(Cc2ccccc2)cn1)N1C(=O)c2ccccc2C1=O. The summed E-state index contributed by atoms with van der Waals surface area (Å²) >= 11 is 0. The molecule has 0 bridgehead atoms. The number of carbonyl (C=O) groups excluding carboxylic acids is 2. The number of hydrogen-bond donors (Lipinski definition) is 0. The van der Waals surface area contributed by atoms with Crippen LogP contribution in [0.15, 0.2) is 79.8 Å². The van der Waals surface area contributed by atoms with Crippen molar-refractivity contribution in [2.75, 3.05) is 0 Å². The first-order valence-corrected chi connectivity index (χ1v) is 8.34. The number of carbonyl (C=O) groups is 2. The Morgan fingerprint density at radius 3 is 2.19 bits per heavy atom. The molecule has 1 aliphatic rings. The highest BCUT2D eigenvalue weighted by Crippen LogP contribution is 2.31. The van der Waals surface area contributed by atoms with Gasteiger partial charge in [0.05, 0.1) is 23.1 Å². The maximum Gasteiger partial charge on any atom is 0.262 e. The summed E-state index contributed by atoms with van der Waals surface area (Å²) in [6, 6.07) is 16.3. The van der Waals surface area contributed by atoms with Crippen LogP contribution in [0.3, 0.4) is 0 Å². The molecule has 0 N–H and O–H groups in total. The van der Waals surface area contributed by atoms with Crippen molar-refractivity contribution in [1.29, 1.82) is 0 Å². The number of nitrogens with zero attached hydrogens (tertiary/aromatic N) is 3. The van der Waals surface area contributed by atoms with Gasteiger partial charge in [-0.3, -0.25) is 14.5 Å². The summed E-state index contributed by atoms with van der Waals surface area (Å²) in [4.78, 5) is 31.0. The number of amides is 2. The fourth-order valence-corrected chi connectivity index (χ4v) is 3.23. The molecular weight excluding hydrogens is 326 g/mol. The molecule has 1 unspecified atom stereocenters. The highest BCUT2D eigenvalue weighted by molar-refractivity contribution is 6.21. The van der Waals surface area contributed by atoms with Crippen LogP contribution >= 0.6 is 0 Å². The van der Waals surface area contributed by atoms with Crippen LogP contribution < -0.4 is 0 Å². The van der Waals surface area contributed by atoms with E-state index in [0.29, 0.717) is 23.4 Å². The Morgan fingerprint density at radius 2 is 1.58 bits per heavy atom. The molecule has 0 spiro atoms. The van der Waals surface area contributed by atoms with E-state index in [2.05, 4.69) is 11.6 Å². The zero-order valence-corrected chi connectivity index (χ0v) is 14.1. The van der Waals surface area contributed by atoms with Crippen molar-refractivity contribution in [3.63, 3.8) is 0 Å². The standard InChI is InChI=1S/C21H17N3O2/c1-2-19(24-20(25)16-10-6-7-11-17(16)21(24)26)18-13-23(14-22-18)12-15-8-4-3-5-9-15/h2-11,13-14,19H,1,12H2. The van der Waals surface area contributed by atoms with Crippen LogP contribution in [0.25, 0.3) is 0 Å². The molecule has 4 rings (SSSR count). The Bertz CT molecular complexity index is 956. The lowest BCUT2D eigenvalue weighted by atomic mass is 10.1. The summed E-state index contributed by atoms with van der Waals surface area (Å²) in [6.07, 6.45) is 5.14. The van der Waals surface area contributed by atoms with Crippen LogP contribution in [0.2, 0.25) is 0 Å². The zero-order valence-electron chi connectivity index (χ0n) is 14.1. The van der Waals surface area contributed by atoms with Gasteiger partial charge in [0, 0.05) is 12.7 Å². The van der Waals surface area contributed by atoms with Crippen LogP contribution in [0.5, 0.6) is 0 Å². The summed E-state index contributed by atoms with van der Waals surface area (Å²) in [5.74, 6) is -0.624. The first-order chi connectivity index (χ1) is 12.7. The first-order valence-electron chi connectivity index (χ1n) is 8.34. The largest absolute Gasteiger partial charge is 0.333 e. The fourth-order valence-electron chi connectivity index (χ4n) is 3.23. The molecule has 5 heteroatoms. The highest BCUT2D eigenvalue weighted by Gasteiger charge is 2.39. The topological polar surface area (TPSA) is 55.2 Å². The van der Waals surface area contributed by atoms with E-state index >= 15 is 0 Å². The molecule has 2 amide bonds. The van der Waals surface area contributed by atoms with Gasteiger partial charge >= 0.3 is 0 Å². The molecule has 0 saturated heterocycles. The second-order valence-electron chi connectivity index (χ2n) is 6.16. The molecule has 0 fully saturated rings. The minimum absolute atomic E-state index is 0.312. The van der Waals surface area contributed by atoms with Gasteiger partial charge in [0.2, 0.25) is 0 Å². The van der Waals surface area contributed by atoms with Crippen LogP contribution in [0, 0.1) is 0 Å². The van der Waals surface area contributed by atoms with E-state index in [0.717, 1.165) is 5.56 Å². The number of aromatic nitrogens is 2. The second kappa shape index (κ2) is 6.44. The predicted molar refractivity (Wildman–Crippen MR) is 97.7 cm³/mol. The Morgan fingerprint density at radius 1 is 0.962 bits per heavy atom.